The normalized spacial score (nSPS) is 12.1. The number of rotatable bonds is 8. The number of nitrogens with zero attached hydrogens (tertiary/aromatic N) is 4. The fourth-order valence-corrected chi connectivity index (χ4v) is 8.95. The molecule has 0 unspecified atom stereocenters. The van der Waals surface area contributed by atoms with Crippen molar-refractivity contribution in [2.24, 2.45) is 0 Å². The maximum atomic E-state index is 5.04. The number of fused-ring (bicyclic) bond motifs is 4. The van der Waals surface area contributed by atoms with Crippen LogP contribution in [-0.4, -0.2) is 14.5 Å². The zero-order valence-electron chi connectivity index (χ0n) is 32.1. The van der Waals surface area contributed by atoms with Crippen molar-refractivity contribution >= 4 is 56.3 Å². The van der Waals surface area contributed by atoms with Gasteiger partial charge < -0.3 is 4.57 Å². The van der Waals surface area contributed by atoms with Crippen LogP contribution in [0.4, 0.5) is 22.7 Å². The van der Waals surface area contributed by atoms with Crippen LogP contribution in [0.25, 0.3) is 61.0 Å². The van der Waals surface area contributed by atoms with Crippen molar-refractivity contribution in [1.29, 1.82) is 0 Å². The summed E-state index contributed by atoms with van der Waals surface area (Å²) in [5.41, 5.74) is 12.9. The van der Waals surface area contributed by atoms with Gasteiger partial charge >= 0.3 is 0 Å². The molecule has 5 nitrogen and oxygen atoms in total. The summed E-state index contributed by atoms with van der Waals surface area (Å²) in [6.07, 6.45) is 1.93. The van der Waals surface area contributed by atoms with Crippen LogP contribution in [0, 0.1) is 12.1 Å². The summed E-state index contributed by atoms with van der Waals surface area (Å²) in [7, 11) is 0. The van der Waals surface area contributed by atoms with E-state index in [0.717, 1.165) is 65.7 Å². The molecule has 1 aliphatic heterocycles. The fraction of sp³-hybridized carbons (Fsp3) is 0. The van der Waals surface area contributed by atoms with E-state index >= 15 is 0 Å². The molecule has 7 heteroatoms. The van der Waals surface area contributed by atoms with Crippen molar-refractivity contribution in [3.05, 3.63) is 219 Å². The SMILES string of the molecule is [Pt].[c-]1c(Sc2[c-]c3c(cc2)c2ccccc2n3-c2cc(-c3c(-c4ccccc4)cccc3-c3ccccc3)ccn2)cccc1N1[OH+]N(c2ccccc2)c2ccccc21. The van der Waals surface area contributed by atoms with Gasteiger partial charge in [-0.3, -0.25) is 0 Å². The fourth-order valence-electron chi connectivity index (χ4n) is 8.13. The zero-order chi connectivity index (χ0) is 39.1. The van der Waals surface area contributed by atoms with Crippen LogP contribution in [0.2, 0.25) is 0 Å². The van der Waals surface area contributed by atoms with Crippen LogP contribution < -0.4 is 10.1 Å². The number of anilines is 4. The monoisotopic (exact) mass is 970 g/mol. The number of para-hydroxylation sites is 4. The number of aromatic nitrogens is 2. The Morgan fingerprint density at radius 3 is 1.83 bits per heavy atom. The summed E-state index contributed by atoms with van der Waals surface area (Å²) in [6, 6.07) is 77.4. The van der Waals surface area contributed by atoms with Crippen molar-refractivity contribution in [2.75, 3.05) is 10.1 Å². The maximum Gasteiger partial charge on any atom is 0.148 e. The first-order valence-electron chi connectivity index (χ1n) is 19.6. The quantitative estimate of drug-likeness (QED) is 0.112. The maximum absolute atomic E-state index is 5.04. The van der Waals surface area contributed by atoms with Gasteiger partial charge in [-0.15, -0.1) is 50.2 Å². The Morgan fingerprint density at radius 2 is 1.10 bits per heavy atom. The molecule has 10 aromatic rings. The molecule has 0 fully saturated rings. The molecule has 0 bridgehead atoms. The van der Waals surface area contributed by atoms with E-state index in [4.69, 9.17) is 9.92 Å². The van der Waals surface area contributed by atoms with Gasteiger partial charge in [-0.05, 0) is 81.2 Å². The first kappa shape index (κ1) is 37.6. The Bertz CT molecular complexity index is 3080. The van der Waals surface area contributed by atoms with Crippen molar-refractivity contribution in [2.45, 2.75) is 9.79 Å². The Balaban J connectivity index is 0.00000433. The van der Waals surface area contributed by atoms with E-state index in [2.05, 4.69) is 187 Å². The van der Waals surface area contributed by atoms with E-state index < -0.39 is 0 Å². The second-order valence-electron chi connectivity index (χ2n) is 14.3. The standard InChI is InChI=1S/C53H34N4OS.Pt/c1-4-16-37(17-5-1)44-25-15-26-45(38-18-6-2-7-19-38)53(44)39-32-33-54-52(34-39)55-48-27-11-10-24-46(48)47-31-30-43(36-51(47)55)59-42-23-14-22-41(35-42)57-50-29-13-12-28-49(50)56(58-57)40-20-8-3-9-21-40;/h1-34H;/q-2;/p+1. The molecule has 1 aliphatic rings. The van der Waals surface area contributed by atoms with E-state index in [-0.39, 0.29) is 21.1 Å². The summed E-state index contributed by atoms with van der Waals surface area (Å²) in [5, 5.41) is 6.23. The molecule has 0 aliphatic carbocycles. The van der Waals surface area contributed by atoms with Gasteiger partial charge in [0.2, 0.25) is 0 Å². The van der Waals surface area contributed by atoms with E-state index in [0.29, 0.717) is 0 Å². The molecule has 60 heavy (non-hydrogen) atoms. The Labute approximate surface area is 367 Å². The van der Waals surface area contributed by atoms with Gasteiger partial charge in [0.15, 0.2) is 0 Å². The van der Waals surface area contributed by atoms with Gasteiger partial charge in [-0.1, -0.05) is 138 Å². The predicted octanol–water partition coefficient (Wildman–Crippen LogP) is 14.1. The molecule has 0 atom stereocenters. The first-order chi connectivity index (χ1) is 29.3. The molecule has 0 amide bonds. The first-order valence-corrected chi connectivity index (χ1v) is 20.4. The van der Waals surface area contributed by atoms with Crippen molar-refractivity contribution < 1.29 is 26.0 Å². The molecule has 290 valence electrons. The molecule has 3 heterocycles. The van der Waals surface area contributed by atoms with Gasteiger partial charge in [-0.2, -0.15) is 29.2 Å². The van der Waals surface area contributed by atoms with Crippen LogP contribution in [0.15, 0.2) is 216 Å². The Kier molecular flexibility index (Phi) is 10.1. The van der Waals surface area contributed by atoms with Crippen LogP contribution in [0.3, 0.4) is 0 Å². The van der Waals surface area contributed by atoms with E-state index in [1.54, 1.807) is 11.8 Å². The molecule has 0 saturated carbocycles. The minimum atomic E-state index is 0. The smallest absolute Gasteiger partial charge is 0.148 e. The minimum absolute atomic E-state index is 0. The largest absolute Gasteiger partial charge is 0.319 e. The second-order valence-corrected chi connectivity index (χ2v) is 15.4. The van der Waals surface area contributed by atoms with Crippen LogP contribution in [0.1, 0.15) is 0 Å². The molecular weight excluding hydrogens is 936 g/mol. The second kappa shape index (κ2) is 16.2. The van der Waals surface area contributed by atoms with Gasteiger partial charge in [0.25, 0.3) is 0 Å². The average Bonchev–Trinajstić information content (AvgIpc) is 3.86. The van der Waals surface area contributed by atoms with Crippen LogP contribution in [-0.2, 0) is 21.1 Å². The zero-order valence-corrected chi connectivity index (χ0v) is 35.2. The molecule has 0 saturated heterocycles. The van der Waals surface area contributed by atoms with Gasteiger partial charge in [0, 0.05) is 38.5 Å². The molecule has 2 aromatic heterocycles. The summed E-state index contributed by atoms with van der Waals surface area (Å²) < 4.78 is 2.25. The Hall–Kier alpha value is -6.69. The third-order valence-corrected chi connectivity index (χ3v) is 11.7. The molecule has 1 N–H and O–H groups in total. The molecule has 11 rings (SSSR count). The number of benzene rings is 8. The number of hydrogen-bond donors (Lipinski definition) is 0. The minimum Gasteiger partial charge on any atom is -0.319 e. The molecule has 0 radical (unpaired) electrons. The van der Waals surface area contributed by atoms with Gasteiger partial charge in [-0.25, -0.2) is 4.98 Å². The molecule has 0 spiro atoms. The third kappa shape index (κ3) is 6.79. The van der Waals surface area contributed by atoms with Crippen molar-refractivity contribution in [3.8, 4) is 39.2 Å². The third-order valence-electron chi connectivity index (χ3n) is 10.8. The van der Waals surface area contributed by atoms with Crippen molar-refractivity contribution in [3.63, 3.8) is 0 Å². The van der Waals surface area contributed by atoms with Gasteiger partial charge in [0.05, 0.1) is 0 Å². The summed E-state index contributed by atoms with van der Waals surface area (Å²) in [4.78, 5) is 12.0. The summed E-state index contributed by atoms with van der Waals surface area (Å²) in [6.45, 7) is 0. The van der Waals surface area contributed by atoms with E-state index in [9.17, 15) is 0 Å². The van der Waals surface area contributed by atoms with E-state index in [1.807, 2.05) is 46.7 Å². The molecule has 8 aromatic carbocycles. The topological polar surface area (TPSA) is 37.1 Å². The number of pyridine rings is 1. The van der Waals surface area contributed by atoms with Crippen LogP contribution in [0.5, 0.6) is 0 Å². The molecular formula is C53H35N4OPtS-. The Morgan fingerprint density at radius 1 is 0.483 bits per heavy atom. The average molecular weight is 971 g/mol. The van der Waals surface area contributed by atoms with Crippen molar-refractivity contribution in [1.82, 2.24) is 9.55 Å². The van der Waals surface area contributed by atoms with Gasteiger partial charge in [0.1, 0.15) is 22.9 Å². The van der Waals surface area contributed by atoms with E-state index in [1.165, 1.54) is 27.8 Å². The number of hydrogen-bond acceptors (Lipinski definition) is 4. The van der Waals surface area contributed by atoms with Crippen LogP contribution >= 0.6 is 11.8 Å². The summed E-state index contributed by atoms with van der Waals surface area (Å²) in [5.74, 6) is 0.833. The predicted molar refractivity (Wildman–Crippen MR) is 242 cm³/mol. The summed E-state index contributed by atoms with van der Waals surface area (Å²) >= 11 is 1.64.